The Balaban J connectivity index is 2.49. The molecular formula is C13H13ClN2O4S. The van der Waals surface area contributed by atoms with Gasteiger partial charge < -0.3 is 5.21 Å². The van der Waals surface area contributed by atoms with Crippen molar-refractivity contribution in [3.05, 3.63) is 58.8 Å². The fourth-order valence-corrected chi connectivity index (χ4v) is 3.31. The third-order valence-corrected chi connectivity index (χ3v) is 5.04. The molecule has 1 atom stereocenters. The number of anilines is 1. The van der Waals surface area contributed by atoms with Crippen LogP contribution in [-0.4, -0.2) is 20.7 Å². The number of halogens is 1. The average Bonchev–Trinajstić information content (AvgIpc) is 2.47. The van der Waals surface area contributed by atoms with E-state index in [2.05, 4.69) is 0 Å². The fraction of sp³-hybridized carbons (Fsp3) is 0.0769. The average molecular weight is 329 g/mol. The van der Waals surface area contributed by atoms with E-state index in [0.717, 1.165) is 4.31 Å². The zero-order valence-corrected chi connectivity index (χ0v) is 12.6. The molecule has 8 heteroatoms. The van der Waals surface area contributed by atoms with Crippen LogP contribution in [0.4, 0.5) is 11.4 Å². The Hall–Kier alpha value is -1.64. The maximum absolute atomic E-state index is 12.6. The summed E-state index contributed by atoms with van der Waals surface area (Å²) in [5.41, 5.74) is 0.123. The van der Waals surface area contributed by atoms with E-state index in [1.807, 2.05) is 0 Å². The highest BCUT2D eigenvalue weighted by molar-refractivity contribution is 7.93. The van der Waals surface area contributed by atoms with Gasteiger partial charge in [0, 0.05) is 18.1 Å². The van der Waals surface area contributed by atoms with E-state index in [0.29, 0.717) is 10.7 Å². The third kappa shape index (κ3) is 3.17. The molecule has 0 spiro atoms. The second-order valence-electron chi connectivity index (χ2n) is 4.25. The lowest BCUT2D eigenvalue weighted by Crippen LogP contribution is -2.99. The molecule has 0 aliphatic heterocycles. The molecule has 1 unspecified atom stereocenters. The molecule has 0 saturated carbocycles. The van der Waals surface area contributed by atoms with Crippen LogP contribution in [0.3, 0.4) is 0 Å². The molecule has 2 N–H and O–H groups in total. The monoisotopic (exact) mass is 328 g/mol. The number of hydrogen-bond donors (Lipinski definition) is 2. The maximum Gasteiger partial charge on any atom is 0.270 e. The van der Waals surface area contributed by atoms with Crippen LogP contribution in [-0.2, 0) is 10.0 Å². The van der Waals surface area contributed by atoms with Crippen LogP contribution < -0.4 is 9.53 Å². The molecule has 2 rings (SSSR count). The first kappa shape index (κ1) is 15.7. The van der Waals surface area contributed by atoms with Crippen LogP contribution in [0.2, 0.25) is 5.02 Å². The highest BCUT2D eigenvalue weighted by Gasteiger charge is 2.27. The first-order chi connectivity index (χ1) is 9.84. The minimum absolute atomic E-state index is 0.255. The highest BCUT2D eigenvalue weighted by atomic mass is 35.5. The molecule has 0 aliphatic rings. The standard InChI is InChI=1S/C13H13ClN2O4S/c1-15(11-8-6-10(14)7-9-11)21(19,20)13-5-3-2-4-12(13)16(17)18/h2-9,16-17H,1H3. The fourth-order valence-electron chi connectivity index (χ4n) is 1.81. The van der Waals surface area contributed by atoms with Crippen LogP contribution in [0.1, 0.15) is 0 Å². The van der Waals surface area contributed by atoms with Crippen LogP contribution in [0, 0.1) is 5.21 Å². The molecule has 0 amide bonds. The van der Waals surface area contributed by atoms with Crippen molar-refractivity contribution in [3.63, 3.8) is 0 Å². The number of benzene rings is 2. The lowest BCUT2D eigenvalue weighted by atomic mass is 10.3. The van der Waals surface area contributed by atoms with Crippen molar-refractivity contribution < 1.29 is 18.9 Å². The molecule has 2 aromatic rings. The normalized spacial score (nSPS) is 13.0. The van der Waals surface area contributed by atoms with E-state index in [-0.39, 0.29) is 10.6 Å². The van der Waals surface area contributed by atoms with Gasteiger partial charge >= 0.3 is 0 Å². The molecule has 0 radical (unpaired) electrons. The summed E-state index contributed by atoms with van der Waals surface area (Å²) < 4.78 is 26.2. The Morgan fingerprint density at radius 1 is 1.14 bits per heavy atom. The third-order valence-electron chi connectivity index (χ3n) is 2.95. The van der Waals surface area contributed by atoms with Gasteiger partial charge in [-0.1, -0.05) is 23.7 Å². The Morgan fingerprint density at radius 2 is 1.71 bits per heavy atom. The number of nitrogens with one attached hydrogen (secondary N) is 1. The molecule has 0 aliphatic carbocycles. The summed E-state index contributed by atoms with van der Waals surface area (Å²) in [5, 5.41) is 19.5. The summed E-state index contributed by atoms with van der Waals surface area (Å²) in [4.78, 5) is -0.255. The molecule has 0 aromatic heterocycles. The second-order valence-corrected chi connectivity index (χ2v) is 6.62. The summed E-state index contributed by atoms with van der Waals surface area (Å²) in [6, 6.07) is 11.7. The van der Waals surface area contributed by atoms with Crippen molar-refractivity contribution >= 4 is 33.0 Å². The molecule has 0 heterocycles. The number of nitrogens with zero attached hydrogens (tertiary/aromatic N) is 1. The first-order valence-electron chi connectivity index (χ1n) is 5.91. The van der Waals surface area contributed by atoms with Crippen LogP contribution in [0.25, 0.3) is 0 Å². The Bertz CT molecular complexity index is 732. The van der Waals surface area contributed by atoms with Crippen molar-refractivity contribution in [1.29, 1.82) is 0 Å². The zero-order valence-electron chi connectivity index (χ0n) is 11.0. The predicted molar refractivity (Wildman–Crippen MR) is 79.3 cm³/mol. The van der Waals surface area contributed by atoms with E-state index >= 15 is 0 Å². The van der Waals surface area contributed by atoms with Crippen LogP contribution in [0.15, 0.2) is 53.4 Å². The molecule has 6 nitrogen and oxygen atoms in total. The summed E-state index contributed by atoms with van der Waals surface area (Å²) in [6.45, 7) is 0. The Morgan fingerprint density at radius 3 is 2.29 bits per heavy atom. The van der Waals surface area contributed by atoms with Crippen molar-refractivity contribution in [2.75, 3.05) is 11.4 Å². The van der Waals surface area contributed by atoms with Gasteiger partial charge in [-0.05, 0) is 30.3 Å². The van der Waals surface area contributed by atoms with E-state index in [9.17, 15) is 13.6 Å². The minimum atomic E-state index is -3.97. The van der Waals surface area contributed by atoms with Gasteiger partial charge in [0.25, 0.3) is 10.0 Å². The van der Waals surface area contributed by atoms with Crippen molar-refractivity contribution in [2.45, 2.75) is 4.90 Å². The molecule has 112 valence electrons. The summed E-state index contributed by atoms with van der Waals surface area (Å²) >= 11 is 5.77. The summed E-state index contributed by atoms with van der Waals surface area (Å²) in [6.07, 6.45) is 0. The largest absolute Gasteiger partial charge is 0.595 e. The first-order valence-corrected chi connectivity index (χ1v) is 7.72. The molecule has 0 bridgehead atoms. The van der Waals surface area contributed by atoms with Crippen molar-refractivity contribution in [2.24, 2.45) is 0 Å². The highest BCUT2D eigenvalue weighted by Crippen LogP contribution is 2.26. The van der Waals surface area contributed by atoms with Crippen LogP contribution in [0.5, 0.6) is 0 Å². The molecule has 0 fully saturated rings. The van der Waals surface area contributed by atoms with Crippen LogP contribution >= 0.6 is 11.6 Å². The lowest BCUT2D eigenvalue weighted by Gasteiger charge is -2.22. The maximum atomic E-state index is 12.6. The zero-order chi connectivity index (χ0) is 15.6. The number of hydrogen-bond acceptors (Lipinski definition) is 4. The van der Waals surface area contributed by atoms with E-state index in [1.165, 1.54) is 31.3 Å². The minimum Gasteiger partial charge on any atom is -0.595 e. The van der Waals surface area contributed by atoms with Gasteiger partial charge in [-0.2, -0.15) is 5.23 Å². The lowest BCUT2D eigenvalue weighted by molar-refractivity contribution is -0.992. The quantitative estimate of drug-likeness (QED) is 0.834. The predicted octanol–water partition coefficient (Wildman–Crippen LogP) is 1.57. The Labute approximate surface area is 127 Å². The van der Waals surface area contributed by atoms with Gasteiger partial charge in [0.05, 0.1) is 5.69 Å². The van der Waals surface area contributed by atoms with Gasteiger partial charge in [0.15, 0.2) is 10.6 Å². The molecular weight excluding hydrogens is 316 g/mol. The second kappa shape index (κ2) is 6.00. The summed E-state index contributed by atoms with van der Waals surface area (Å²) in [5.74, 6) is 0. The number of para-hydroxylation sites is 1. The van der Waals surface area contributed by atoms with Gasteiger partial charge in [-0.25, -0.2) is 13.6 Å². The number of rotatable bonds is 4. The number of quaternary nitrogens is 1. The smallest absolute Gasteiger partial charge is 0.270 e. The van der Waals surface area contributed by atoms with Gasteiger partial charge in [-0.3, -0.25) is 4.31 Å². The Kier molecular flexibility index (Phi) is 4.50. The van der Waals surface area contributed by atoms with E-state index in [1.54, 1.807) is 24.3 Å². The molecule has 0 saturated heterocycles. The number of sulfonamides is 1. The van der Waals surface area contributed by atoms with Gasteiger partial charge in [-0.15, -0.1) is 0 Å². The topological polar surface area (TPSA) is 85.1 Å². The molecule has 2 aromatic carbocycles. The van der Waals surface area contributed by atoms with E-state index < -0.39 is 15.2 Å². The van der Waals surface area contributed by atoms with Crippen molar-refractivity contribution in [3.8, 4) is 0 Å². The summed E-state index contributed by atoms with van der Waals surface area (Å²) in [7, 11) is -2.61. The van der Waals surface area contributed by atoms with E-state index in [4.69, 9.17) is 16.8 Å². The van der Waals surface area contributed by atoms with Gasteiger partial charge in [0.1, 0.15) is 0 Å². The van der Waals surface area contributed by atoms with Gasteiger partial charge in [0.2, 0.25) is 0 Å². The molecule has 21 heavy (non-hydrogen) atoms. The SMILES string of the molecule is CN(c1ccc(Cl)cc1)S(=O)(=O)c1ccccc1[NH+]([O-])O. The van der Waals surface area contributed by atoms with Crippen molar-refractivity contribution in [1.82, 2.24) is 0 Å².